The number of piperidine rings is 1. The van der Waals surface area contributed by atoms with Crippen LogP contribution in [0, 0.1) is 11.8 Å². The maximum absolute atomic E-state index is 13.7. The van der Waals surface area contributed by atoms with E-state index in [-0.39, 0.29) is 43.4 Å². The number of aliphatic hydroxyl groups excluding tert-OH is 1. The Labute approximate surface area is 293 Å². The van der Waals surface area contributed by atoms with E-state index in [1.807, 2.05) is 13.8 Å². The van der Waals surface area contributed by atoms with Crippen LogP contribution in [0.5, 0.6) is 5.75 Å². The summed E-state index contributed by atoms with van der Waals surface area (Å²) in [6, 6.07) is 2.07. The second-order valence-corrected chi connectivity index (χ2v) is 13.1. The molecule has 1 aliphatic rings. The van der Waals surface area contributed by atoms with Crippen LogP contribution in [0.1, 0.15) is 71.3 Å². The molecule has 1 fully saturated rings. The van der Waals surface area contributed by atoms with Gasteiger partial charge in [-0.3, -0.25) is 24.0 Å². The molecular formula is C34H55N7O9. The van der Waals surface area contributed by atoms with Crippen LogP contribution in [0.3, 0.4) is 0 Å². The van der Waals surface area contributed by atoms with Gasteiger partial charge in [0.25, 0.3) is 0 Å². The highest BCUT2D eigenvalue weighted by Gasteiger charge is 2.35. The Balaban J connectivity index is 1.98. The quantitative estimate of drug-likeness (QED) is 0.0751. The van der Waals surface area contributed by atoms with Gasteiger partial charge in [-0.25, -0.2) is 4.79 Å². The number of hydrogen-bond acceptors (Lipinski definition) is 10. The highest BCUT2D eigenvalue weighted by molar-refractivity contribution is 5.93. The van der Waals surface area contributed by atoms with Crippen LogP contribution in [-0.2, 0) is 35.2 Å². The lowest BCUT2D eigenvalue weighted by atomic mass is 9.93. The second kappa shape index (κ2) is 21.1. The number of carbonyl (C=O) groups excluding carboxylic acids is 5. The van der Waals surface area contributed by atoms with E-state index in [0.29, 0.717) is 45.2 Å². The zero-order valence-corrected chi connectivity index (χ0v) is 29.2. The number of nitrogens with two attached hydrogens (primary N) is 2. The molecule has 0 bridgehead atoms. The smallest absolute Gasteiger partial charge is 0.326 e. The highest BCUT2D eigenvalue weighted by atomic mass is 16.4. The van der Waals surface area contributed by atoms with Gasteiger partial charge in [-0.2, -0.15) is 0 Å². The van der Waals surface area contributed by atoms with Crippen molar-refractivity contribution in [1.29, 1.82) is 0 Å². The number of aromatic hydroxyl groups is 1. The van der Waals surface area contributed by atoms with E-state index in [2.05, 4.69) is 21.3 Å². The average molecular weight is 706 g/mol. The van der Waals surface area contributed by atoms with Crippen LogP contribution in [0.4, 0.5) is 0 Å². The Morgan fingerprint density at radius 3 is 2.26 bits per heavy atom. The Bertz CT molecular complexity index is 1290. The molecule has 5 amide bonds. The van der Waals surface area contributed by atoms with Crippen molar-refractivity contribution in [2.45, 2.75) is 102 Å². The summed E-state index contributed by atoms with van der Waals surface area (Å²) >= 11 is 0. The Morgan fingerprint density at radius 2 is 1.66 bits per heavy atom. The summed E-state index contributed by atoms with van der Waals surface area (Å²) in [7, 11) is 0. The Hall–Kier alpha value is -4.28. The molecule has 0 aliphatic carbocycles. The van der Waals surface area contributed by atoms with E-state index >= 15 is 0 Å². The molecule has 50 heavy (non-hydrogen) atoms. The molecule has 280 valence electrons. The zero-order valence-electron chi connectivity index (χ0n) is 29.2. The topological polar surface area (TPSA) is 267 Å². The number of benzene rings is 1. The van der Waals surface area contributed by atoms with E-state index in [0.717, 1.165) is 5.56 Å². The number of amides is 5. The monoisotopic (exact) mass is 705 g/mol. The number of rotatable bonds is 20. The number of carbonyl (C=O) groups is 6. The standard InChI is InChI=1S/C34H55N7O9/c1-4-20(2)29(40-31(46)25(36)17-22-10-12-24(43)13-11-22)33(48)41-15-7-8-23(19-41)30(45)37-18-28(44)38-27(16-21(3)42)32(47)39-26(34(49)50)9-5-6-14-35/h10-13,20-21,23,25-27,29,42-43H,4-9,14-19,35-36H2,1-3H3,(H,37,45)(H,38,44)(H,39,47)(H,40,46)(H,49,50)/t20?,21-,23-,25+,26+,27+,29+/m1/s1. The molecule has 16 heteroatoms. The predicted molar refractivity (Wildman–Crippen MR) is 184 cm³/mol. The van der Waals surface area contributed by atoms with Crippen molar-refractivity contribution in [2.75, 3.05) is 26.2 Å². The minimum absolute atomic E-state index is 0.0719. The first-order chi connectivity index (χ1) is 23.7. The summed E-state index contributed by atoms with van der Waals surface area (Å²) in [5.41, 5.74) is 12.4. The van der Waals surface area contributed by atoms with Crippen molar-refractivity contribution in [3.63, 3.8) is 0 Å². The van der Waals surface area contributed by atoms with Gasteiger partial charge in [0.05, 0.1) is 24.6 Å². The fourth-order valence-electron chi connectivity index (χ4n) is 5.66. The number of phenolic OH excluding ortho intramolecular Hbond substituents is 1. The third kappa shape index (κ3) is 13.9. The molecule has 1 saturated heterocycles. The molecule has 1 aliphatic heterocycles. The van der Waals surface area contributed by atoms with Crippen molar-refractivity contribution in [3.05, 3.63) is 29.8 Å². The molecule has 1 heterocycles. The minimum atomic E-state index is -1.25. The SMILES string of the molecule is CCC(C)[C@H](NC(=O)[C@@H](N)Cc1ccc(O)cc1)C(=O)N1CCC[C@@H](C(=O)NCC(=O)N[C@@H](C[C@@H](C)O)C(=O)N[C@@H](CCCCN)C(=O)O)C1. The lowest BCUT2D eigenvalue weighted by Crippen LogP contribution is -2.57. The summed E-state index contributed by atoms with van der Waals surface area (Å²) in [5, 5.41) is 39.1. The molecule has 1 aromatic rings. The van der Waals surface area contributed by atoms with Gasteiger partial charge in [0.1, 0.15) is 23.9 Å². The van der Waals surface area contributed by atoms with Crippen LogP contribution in [0.2, 0.25) is 0 Å². The zero-order chi connectivity index (χ0) is 37.4. The van der Waals surface area contributed by atoms with Crippen molar-refractivity contribution in [2.24, 2.45) is 23.3 Å². The number of unbranched alkanes of at least 4 members (excludes halogenated alkanes) is 1. The van der Waals surface area contributed by atoms with Gasteiger partial charge >= 0.3 is 5.97 Å². The van der Waals surface area contributed by atoms with Crippen molar-refractivity contribution >= 4 is 35.5 Å². The number of nitrogens with one attached hydrogen (secondary N) is 4. The van der Waals surface area contributed by atoms with Crippen LogP contribution >= 0.6 is 0 Å². The molecule has 2 rings (SSSR count). The number of carboxylic acids is 1. The lowest BCUT2D eigenvalue weighted by Gasteiger charge is -2.36. The summed E-state index contributed by atoms with van der Waals surface area (Å²) < 4.78 is 0. The number of aliphatic carboxylic acids is 1. The van der Waals surface area contributed by atoms with Crippen molar-refractivity contribution < 1.29 is 44.1 Å². The Kier molecular flexibility index (Phi) is 17.6. The summed E-state index contributed by atoms with van der Waals surface area (Å²) in [4.78, 5) is 78.7. The summed E-state index contributed by atoms with van der Waals surface area (Å²) in [6.07, 6.45) is 1.79. The molecule has 0 spiro atoms. The van der Waals surface area contributed by atoms with Crippen LogP contribution in [-0.4, -0.2) is 112 Å². The number of likely N-dealkylation sites (tertiary alicyclic amines) is 1. The molecule has 1 unspecified atom stereocenters. The maximum Gasteiger partial charge on any atom is 0.326 e. The fourth-order valence-corrected chi connectivity index (χ4v) is 5.66. The summed E-state index contributed by atoms with van der Waals surface area (Å²) in [6.45, 7) is 5.50. The van der Waals surface area contributed by atoms with Gasteiger partial charge in [0, 0.05) is 19.5 Å². The van der Waals surface area contributed by atoms with Crippen molar-refractivity contribution in [1.82, 2.24) is 26.2 Å². The molecule has 16 nitrogen and oxygen atoms in total. The van der Waals surface area contributed by atoms with Crippen molar-refractivity contribution in [3.8, 4) is 5.75 Å². The summed E-state index contributed by atoms with van der Waals surface area (Å²) in [5.74, 6) is -4.82. The van der Waals surface area contributed by atoms with Gasteiger partial charge in [0.2, 0.25) is 29.5 Å². The molecule has 1 aromatic carbocycles. The van der Waals surface area contributed by atoms with Gasteiger partial charge in [-0.05, 0) is 75.6 Å². The average Bonchev–Trinajstić information content (AvgIpc) is 3.08. The third-order valence-corrected chi connectivity index (χ3v) is 8.82. The lowest BCUT2D eigenvalue weighted by molar-refractivity contribution is -0.143. The van der Waals surface area contributed by atoms with Gasteiger partial charge < -0.3 is 53.0 Å². The third-order valence-electron chi connectivity index (χ3n) is 8.82. The molecule has 0 saturated carbocycles. The predicted octanol–water partition coefficient (Wildman–Crippen LogP) is -0.898. The number of aliphatic hydroxyl groups is 1. The van der Waals surface area contributed by atoms with E-state index in [1.165, 1.54) is 24.0 Å². The number of carboxylic acid groups (broad SMARTS) is 1. The number of phenols is 1. The van der Waals surface area contributed by atoms with Crippen LogP contribution in [0.15, 0.2) is 24.3 Å². The van der Waals surface area contributed by atoms with E-state index in [1.54, 1.807) is 12.1 Å². The van der Waals surface area contributed by atoms with Gasteiger partial charge in [0.15, 0.2) is 0 Å². The maximum atomic E-state index is 13.7. The largest absolute Gasteiger partial charge is 0.508 e. The molecule has 7 atom stereocenters. The first-order valence-electron chi connectivity index (χ1n) is 17.3. The normalized spacial score (nSPS) is 18.0. The number of nitrogens with zero attached hydrogens (tertiary/aromatic N) is 1. The molecular weight excluding hydrogens is 650 g/mol. The molecule has 0 aromatic heterocycles. The second-order valence-electron chi connectivity index (χ2n) is 13.1. The van der Waals surface area contributed by atoms with E-state index in [9.17, 15) is 44.1 Å². The van der Waals surface area contributed by atoms with E-state index < -0.39 is 72.3 Å². The fraction of sp³-hybridized carbons (Fsp3) is 0.647. The molecule has 11 N–H and O–H groups in total. The number of hydrogen-bond donors (Lipinski definition) is 9. The first kappa shape index (κ1) is 41.9. The van der Waals surface area contributed by atoms with E-state index in [4.69, 9.17) is 11.5 Å². The van der Waals surface area contributed by atoms with Gasteiger partial charge in [-0.15, -0.1) is 0 Å². The minimum Gasteiger partial charge on any atom is -0.508 e. The van der Waals surface area contributed by atoms with Crippen LogP contribution < -0.4 is 32.7 Å². The Morgan fingerprint density at radius 1 is 0.980 bits per heavy atom. The molecule has 0 radical (unpaired) electrons. The van der Waals surface area contributed by atoms with Crippen LogP contribution in [0.25, 0.3) is 0 Å². The van der Waals surface area contributed by atoms with Gasteiger partial charge in [-0.1, -0.05) is 32.4 Å². The highest BCUT2D eigenvalue weighted by Crippen LogP contribution is 2.20. The first-order valence-corrected chi connectivity index (χ1v) is 17.3.